The van der Waals surface area contributed by atoms with Gasteiger partial charge in [0, 0.05) is 10.8 Å². The zero-order valence-electron chi connectivity index (χ0n) is 14.7. The van der Waals surface area contributed by atoms with E-state index in [1.165, 1.54) is 0 Å². The predicted molar refractivity (Wildman–Crippen MR) is 96.3 cm³/mol. The van der Waals surface area contributed by atoms with E-state index in [-0.39, 0.29) is 24.4 Å². The van der Waals surface area contributed by atoms with Crippen LogP contribution in [0.15, 0.2) is 33.7 Å². The Labute approximate surface area is 147 Å². The second kappa shape index (κ2) is 8.30. The molecule has 24 heavy (non-hydrogen) atoms. The normalized spacial score (nSPS) is 12.6. The van der Waals surface area contributed by atoms with Gasteiger partial charge < -0.3 is 9.84 Å². The number of hydrogen-bond acceptors (Lipinski definition) is 6. The minimum absolute atomic E-state index is 0.0746. The first kappa shape index (κ1) is 18.5. The highest BCUT2D eigenvalue weighted by molar-refractivity contribution is 7.98. The number of aromatic nitrogens is 2. The molecular weight excluding hydrogens is 324 g/mol. The van der Waals surface area contributed by atoms with Crippen molar-refractivity contribution in [2.24, 2.45) is 0 Å². The molecule has 0 fully saturated rings. The van der Waals surface area contributed by atoms with Crippen molar-refractivity contribution in [3.05, 3.63) is 36.0 Å². The fourth-order valence-corrected chi connectivity index (χ4v) is 2.69. The molecule has 1 atom stereocenters. The average molecular weight is 348 g/mol. The van der Waals surface area contributed by atoms with Crippen LogP contribution in [-0.2, 0) is 4.79 Å². The second-order valence-electron chi connectivity index (χ2n) is 5.99. The predicted octanol–water partition coefficient (Wildman–Crippen LogP) is 3.55. The quantitative estimate of drug-likeness (QED) is 0.772. The number of rotatable bonds is 7. The highest BCUT2D eigenvalue weighted by atomic mass is 32.2. The van der Waals surface area contributed by atoms with Gasteiger partial charge in [-0.3, -0.25) is 9.69 Å². The molecule has 130 valence electrons. The van der Waals surface area contributed by atoms with E-state index in [1.54, 1.807) is 11.8 Å². The van der Waals surface area contributed by atoms with Gasteiger partial charge >= 0.3 is 0 Å². The molecule has 1 heterocycles. The van der Waals surface area contributed by atoms with Crippen LogP contribution in [-0.4, -0.2) is 40.8 Å². The zero-order valence-corrected chi connectivity index (χ0v) is 15.6. The van der Waals surface area contributed by atoms with Crippen LogP contribution < -0.4 is 5.32 Å². The lowest BCUT2D eigenvalue weighted by Crippen LogP contribution is -2.32. The van der Waals surface area contributed by atoms with Crippen LogP contribution in [0.1, 0.15) is 44.4 Å². The largest absolute Gasteiger partial charge is 0.338 e. The van der Waals surface area contributed by atoms with Crippen LogP contribution in [0.5, 0.6) is 0 Å². The number of carbonyl (C=O) groups is 1. The fourth-order valence-electron chi connectivity index (χ4n) is 2.14. The van der Waals surface area contributed by atoms with Crippen LogP contribution >= 0.6 is 11.8 Å². The Hall–Kier alpha value is -1.86. The summed E-state index contributed by atoms with van der Waals surface area (Å²) in [4.78, 5) is 19.6. The zero-order chi connectivity index (χ0) is 17.7. The molecule has 7 heteroatoms. The van der Waals surface area contributed by atoms with Gasteiger partial charge in [0.25, 0.3) is 0 Å². The Kier molecular flexibility index (Phi) is 6.39. The molecule has 0 unspecified atom stereocenters. The van der Waals surface area contributed by atoms with Crippen LogP contribution in [0, 0.1) is 0 Å². The molecule has 0 radical (unpaired) electrons. The van der Waals surface area contributed by atoms with Gasteiger partial charge in [-0.05, 0) is 32.4 Å². The Morgan fingerprint density at radius 1 is 1.33 bits per heavy atom. The summed E-state index contributed by atoms with van der Waals surface area (Å²) in [6.07, 6.45) is 1.99. The van der Waals surface area contributed by atoms with Crippen molar-refractivity contribution in [1.82, 2.24) is 15.0 Å². The van der Waals surface area contributed by atoms with E-state index in [1.807, 2.05) is 63.2 Å². The molecule has 0 aliphatic heterocycles. The summed E-state index contributed by atoms with van der Waals surface area (Å²) in [5.41, 5.74) is 0.830. The number of thioether (sulfide) groups is 1. The molecule has 1 aromatic carbocycles. The average Bonchev–Trinajstić information content (AvgIpc) is 3.04. The standard InChI is InChI=1S/C17H24N4O2S/c1-11(2)16-19-17(23-20-16)12(3)21(4)10-15(22)18-13-8-6-7-9-14(13)24-5/h6-9,11-12H,10H2,1-5H3,(H,18,22)/t12-/m1/s1. The van der Waals surface area contributed by atoms with Gasteiger partial charge in [0.1, 0.15) is 0 Å². The van der Waals surface area contributed by atoms with Gasteiger partial charge in [-0.2, -0.15) is 4.98 Å². The highest BCUT2D eigenvalue weighted by Gasteiger charge is 2.21. The SMILES string of the molecule is CSc1ccccc1NC(=O)CN(C)[C@H](C)c1nc(C(C)C)no1. The van der Waals surface area contributed by atoms with Crippen molar-refractivity contribution in [2.45, 2.75) is 37.6 Å². The summed E-state index contributed by atoms with van der Waals surface area (Å²) in [5, 5.41) is 6.93. The van der Waals surface area contributed by atoms with Gasteiger partial charge in [-0.25, -0.2) is 0 Å². The maximum absolute atomic E-state index is 12.3. The summed E-state index contributed by atoms with van der Waals surface area (Å²) < 4.78 is 5.31. The van der Waals surface area contributed by atoms with E-state index in [9.17, 15) is 4.79 Å². The Morgan fingerprint density at radius 3 is 2.67 bits per heavy atom. The van der Waals surface area contributed by atoms with Crippen molar-refractivity contribution < 1.29 is 9.32 Å². The monoisotopic (exact) mass is 348 g/mol. The van der Waals surface area contributed by atoms with Crippen molar-refractivity contribution in [3.63, 3.8) is 0 Å². The molecule has 0 aliphatic rings. The van der Waals surface area contributed by atoms with Gasteiger partial charge in [-0.15, -0.1) is 11.8 Å². The van der Waals surface area contributed by atoms with Crippen LogP contribution in [0.2, 0.25) is 0 Å². The molecule has 0 aliphatic carbocycles. The molecule has 6 nitrogen and oxygen atoms in total. The van der Waals surface area contributed by atoms with Gasteiger partial charge in [0.2, 0.25) is 11.8 Å². The molecule has 2 aromatic rings. The number of para-hydroxylation sites is 1. The smallest absolute Gasteiger partial charge is 0.243 e. The minimum atomic E-state index is -0.133. The van der Waals surface area contributed by atoms with E-state index in [0.29, 0.717) is 11.7 Å². The number of hydrogen-bond donors (Lipinski definition) is 1. The molecule has 0 saturated heterocycles. The Bertz CT molecular complexity index is 687. The number of carbonyl (C=O) groups excluding carboxylic acids is 1. The van der Waals surface area contributed by atoms with E-state index in [0.717, 1.165) is 10.6 Å². The van der Waals surface area contributed by atoms with Gasteiger partial charge in [0.15, 0.2) is 5.82 Å². The second-order valence-corrected chi connectivity index (χ2v) is 6.83. The maximum Gasteiger partial charge on any atom is 0.243 e. The summed E-state index contributed by atoms with van der Waals surface area (Å²) >= 11 is 1.60. The molecule has 1 N–H and O–H groups in total. The molecule has 2 rings (SSSR count). The summed E-state index contributed by atoms with van der Waals surface area (Å²) in [5.74, 6) is 1.35. The topological polar surface area (TPSA) is 71.3 Å². The van der Waals surface area contributed by atoms with E-state index >= 15 is 0 Å². The first-order chi connectivity index (χ1) is 11.4. The van der Waals surface area contributed by atoms with E-state index < -0.39 is 0 Å². The van der Waals surface area contributed by atoms with E-state index in [2.05, 4.69) is 15.5 Å². The Balaban J connectivity index is 1.97. The lowest BCUT2D eigenvalue weighted by atomic mass is 10.2. The molecule has 1 amide bonds. The third kappa shape index (κ3) is 4.58. The minimum Gasteiger partial charge on any atom is -0.338 e. The van der Waals surface area contributed by atoms with Crippen molar-refractivity contribution in [1.29, 1.82) is 0 Å². The molecule has 0 saturated carbocycles. The summed E-state index contributed by atoms with van der Waals surface area (Å²) in [7, 11) is 1.87. The number of nitrogens with zero attached hydrogens (tertiary/aromatic N) is 3. The van der Waals surface area contributed by atoms with Crippen molar-refractivity contribution >= 4 is 23.4 Å². The number of amides is 1. The summed E-state index contributed by atoms with van der Waals surface area (Å²) in [6, 6.07) is 7.62. The fraction of sp³-hybridized carbons (Fsp3) is 0.471. The third-order valence-corrected chi connectivity index (χ3v) is 4.56. The first-order valence-electron chi connectivity index (χ1n) is 7.89. The van der Waals surface area contributed by atoms with Crippen LogP contribution in [0.3, 0.4) is 0 Å². The van der Waals surface area contributed by atoms with Crippen LogP contribution in [0.25, 0.3) is 0 Å². The summed E-state index contributed by atoms with van der Waals surface area (Å²) in [6.45, 7) is 6.21. The highest BCUT2D eigenvalue weighted by Crippen LogP contribution is 2.25. The van der Waals surface area contributed by atoms with Crippen molar-refractivity contribution in [3.8, 4) is 0 Å². The maximum atomic E-state index is 12.3. The lowest BCUT2D eigenvalue weighted by molar-refractivity contribution is -0.117. The number of anilines is 1. The lowest BCUT2D eigenvalue weighted by Gasteiger charge is -2.21. The first-order valence-corrected chi connectivity index (χ1v) is 9.11. The number of nitrogens with one attached hydrogen (secondary N) is 1. The Morgan fingerprint density at radius 2 is 2.04 bits per heavy atom. The number of likely N-dealkylation sites (N-methyl/N-ethyl adjacent to an activating group) is 1. The molecule has 1 aromatic heterocycles. The molecular formula is C17H24N4O2S. The third-order valence-electron chi connectivity index (χ3n) is 3.77. The van der Waals surface area contributed by atoms with Gasteiger partial charge in [0.05, 0.1) is 18.3 Å². The molecule has 0 spiro atoms. The van der Waals surface area contributed by atoms with Crippen molar-refractivity contribution in [2.75, 3.05) is 25.2 Å². The van der Waals surface area contributed by atoms with E-state index in [4.69, 9.17) is 4.52 Å². The van der Waals surface area contributed by atoms with Crippen LogP contribution in [0.4, 0.5) is 5.69 Å². The van der Waals surface area contributed by atoms with Gasteiger partial charge in [-0.1, -0.05) is 31.1 Å². The molecule has 0 bridgehead atoms. The number of benzene rings is 1.